The molecular formula is C8H7BrF2. The highest BCUT2D eigenvalue weighted by molar-refractivity contribution is 9.10. The fourth-order valence-electron chi connectivity index (χ4n) is 0.600. The molecule has 0 N–H and O–H groups in total. The van der Waals surface area contributed by atoms with Crippen LogP contribution in [0.5, 0.6) is 0 Å². The lowest BCUT2D eigenvalue weighted by atomic mass is 10.1. The van der Waals surface area contributed by atoms with Crippen molar-refractivity contribution in [2.75, 3.05) is 0 Å². The van der Waals surface area contributed by atoms with Crippen molar-refractivity contribution in [2.24, 2.45) is 0 Å². The van der Waals surface area contributed by atoms with Gasteiger partial charge < -0.3 is 0 Å². The minimum atomic E-state index is -3.31. The van der Waals surface area contributed by atoms with Gasteiger partial charge in [-0.05, 0) is 6.04 Å². The van der Waals surface area contributed by atoms with Crippen molar-refractivity contribution >= 4 is 15.9 Å². The van der Waals surface area contributed by atoms with Crippen molar-refractivity contribution in [3.8, 4) is 0 Å². The van der Waals surface area contributed by atoms with E-state index < -0.39 is 35.7 Å². The number of benzene rings is 1. The van der Waals surface area contributed by atoms with Crippen molar-refractivity contribution < 1.29 is 14.3 Å². The molecule has 0 bridgehead atoms. The predicted octanol–water partition coefficient (Wildman–Crippen LogP) is 3.56. The van der Waals surface area contributed by atoms with Crippen molar-refractivity contribution in [1.29, 1.82) is 0 Å². The molecule has 0 saturated heterocycles. The van der Waals surface area contributed by atoms with E-state index in [4.69, 9.17) is 5.48 Å². The van der Waals surface area contributed by atoms with E-state index in [1.165, 1.54) is 0 Å². The molecule has 0 unspecified atom stereocenters. The van der Waals surface area contributed by atoms with Crippen molar-refractivity contribution in [2.45, 2.75) is 12.8 Å². The maximum Gasteiger partial charge on any atom is 0.271 e. The summed E-state index contributed by atoms with van der Waals surface area (Å²) in [6.45, 7) is 0.591. The Bertz CT molecular complexity index is 385. The Hall–Kier alpha value is -0.440. The largest absolute Gasteiger partial charge is 0.271 e. The molecule has 0 heterocycles. The minimum Gasteiger partial charge on any atom is -0.202 e. The van der Waals surface area contributed by atoms with Crippen molar-refractivity contribution in [1.82, 2.24) is 0 Å². The molecule has 1 rings (SSSR count). The number of alkyl halides is 2. The second-order valence-corrected chi connectivity index (χ2v) is 2.87. The summed E-state index contributed by atoms with van der Waals surface area (Å²) in [5.74, 6) is -3.31. The van der Waals surface area contributed by atoms with Crippen LogP contribution in [0.1, 0.15) is 18.0 Å². The first kappa shape index (κ1) is 4.55. The van der Waals surface area contributed by atoms with Crippen LogP contribution in [-0.2, 0) is 5.92 Å². The SMILES string of the molecule is [2H]c1c([2H])c([2H])c(C(C)(F)F)c(Br)c1[2H]. The molecule has 11 heavy (non-hydrogen) atoms. The molecule has 0 aliphatic rings. The Balaban J connectivity index is 3.68. The van der Waals surface area contributed by atoms with Crippen molar-refractivity contribution in [3.63, 3.8) is 0 Å². The van der Waals surface area contributed by atoms with Gasteiger partial charge in [0, 0.05) is 17.0 Å². The standard InChI is InChI=1S/C8H7BrF2/c1-8(10,11)6-4-2-3-5-7(6)9/h2-5H,1H3/i2D,3D,4D,5D. The zero-order chi connectivity index (χ0) is 12.0. The maximum absolute atomic E-state index is 13.1. The molecule has 0 amide bonds. The van der Waals surface area contributed by atoms with Gasteiger partial charge in [-0.2, -0.15) is 0 Å². The van der Waals surface area contributed by atoms with Crippen LogP contribution in [-0.4, -0.2) is 0 Å². The van der Waals surface area contributed by atoms with Crippen LogP contribution in [0, 0.1) is 0 Å². The fourth-order valence-corrected chi connectivity index (χ4v) is 1.15. The number of hydrogen-bond acceptors (Lipinski definition) is 0. The Morgan fingerprint density at radius 2 is 2.00 bits per heavy atom. The second kappa shape index (κ2) is 2.89. The van der Waals surface area contributed by atoms with E-state index >= 15 is 0 Å². The van der Waals surface area contributed by atoms with Gasteiger partial charge in [-0.1, -0.05) is 34.1 Å². The van der Waals surface area contributed by atoms with Gasteiger partial charge in [0.1, 0.15) is 0 Å². The molecule has 1 aromatic rings. The molecule has 0 saturated carbocycles. The van der Waals surface area contributed by atoms with E-state index in [-0.39, 0.29) is 4.47 Å². The van der Waals surface area contributed by atoms with Gasteiger partial charge in [0.15, 0.2) is 0 Å². The van der Waals surface area contributed by atoms with Gasteiger partial charge in [0.25, 0.3) is 5.92 Å². The average Bonchev–Trinajstić information content (AvgIpc) is 2.09. The normalized spacial score (nSPS) is 16.7. The molecular weight excluding hydrogens is 214 g/mol. The summed E-state index contributed by atoms with van der Waals surface area (Å²) in [5, 5.41) is 0. The highest BCUT2D eigenvalue weighted by Crippen LogP contribution is 2.32. The quantitative estimate of drug-likeness (QED) is 0.685. The van der Waals surface area contributed by atoms with Gasteiger partial charge in [-0.15, -0.1) is 0 Å². The molecule has 0 fully saturated rings. The molecule has 0 spiro atoms. The molecule has 0 atom stereocenters. The number of rotatable bonds is 1. The van der Waals surface area contributed by atoms with Gasteiger partial charge in [-0.3, -0.25) is 0 Å². The average molecular weight is 225 g/mol. The fraction of sp³-hybridized carbons (Fsp3) is 0.250. The highest BCUT2D eigenvalue weighted by atomic mass is 79.9. The zero-order valence-electron chi connectivity index (χ0n) is 9.63. The molecule has 0 aromatic heterocycles. The van der Waals surface area contributed by atoms with Crippen LogP contribution < -0.4 is 0 Å². The third kappa shape index (κ3) is 1.99. The summed E-state index contributed by atoms with van der Waals surface area (Å²) < 4.78 is 55.1. The Kier molecular flexibility index (Phi) is 1.20. The van der Waals surface area contributed by atoms with Crippen LogP contribution in [0.15, 0.2) is 28.6 Å². The van der Waals surface area contributed by atoms with E-state index in [0.717, 1.165) is 0 Å². The first-order chi connectivity index (χ1) is 6.68. The molecule has 1 aromatic carbocycles. The summed E-state index contributed by atoms with van der Waals surface area (Å²) in [6, 6.07) is -2.39. The smallest absolute Gasteiger partial charge is 0.202 e. The zero-order valence-corrected chi connectivity index (χ0v) is 7.22. The third-order valence-corrected chi connectivity index (χ3v) is 1.68. The van der Waals surface area contributed by atoms with Gasteiger partial charge in [-0.25, -0.2) is 8.78 Å². The van der Waals surface area contributed by atoms with E-state index in [1.807, 2.05) is 0 Å². The third-order valence-electron chi connectivity index (χ3n) is 1.08. The summed E-state index contributed by atoms with van der Waals surface area (Å²) in [5.41, 5.74) is -0.714. The Labute approximate surface area is 78.0 Å². The lowest BCUT2D eigenvalue weighted by Gasteiger charge is -2.11. The predicted molar refractivity (Wildman–Crippen MR) is 43.7 cm³/mol. The van der Waals surface area contributed by atoms with E-state index in [0.29, 0.717) is 6.92 Å². The van der Waals surface area contributed by atoms with Crippen LogP contribution in [0.3, 0.4) is 0 Å². The topological polar surface area (TPSA) is 0 Å². The van der Waals surface area contributed by atoms with Crippen LogP contribution >= 0.6 is 15.9 Å². The van der Waals surface area contributed by atoms with E-state index in [9.17, 15) is 8.78 Å². The molecule has 60 valence electrons. The van der Waals surface area contributed by atoms with Gasteiger partial charge >= 0.3 is 0 Å². The maximum atomic E-state index is 13.1. The number of hydrogen-bond donors (Lipinski definition) is 0. The van der Waals surface area contributed by atoms with Crippen molar-refractivity contribution in [3.05, 3.63) is 34.2 Å². The monoisotopic (exact) mass is 224 g/mol. The molecule has 3 heteroatoms. The minimum absolute atomic E-state index is 0.291. The summed E-state index contributed by atoms with van der Waals surface area (Å²) in [7, 11) is 0. The van der Waals surface area contributed by atoms with Crippen LogP contribution in [0.2, 0.25) is 0 Å². The molecule has 0 aliphatic heterocycles. The van der Waals surface area contributed by atoms with Gasteiger partial charge in [0.2, 0.25) is 0 Å². The Morgan fingerprint density at radius 1 is 1.45 bits per heavy atom. The van der Waals surface area contributed by atoms with E-state index in [1.54, 1.807) is 0 Å². The lowest BCUT2D eigenvalue weighted by Crippen LogP contribution is -2.07. The van der Waals surface area contributed by atoms with Gasteiger partial charge in [0.05, 0.1) is 5.48 Å². The highest BCUT2D eigenvalue weighted by Gasteiger charge is 2.25. The second-order valence-electron chi connectivity index (χ2n) is 2.08. The lowest BCUT2D eigenvalue weighted by molar-refractivity contribution is 0.0167. The summed E-state index contributed by atoms with van der Waals surface area (Å²) >= 11 is 2.76. The Morgan fingerprint density at radius 3 is 2.55 bits per heavy atom. The number of halogens is 3. The van der Waals surface area contributed by atoms with Crippen LogP contribution in [0.4, 0.5) is 8.78 Å². The first-order valence-corrected chi connectivity index (χ1v) is 3.61. The molecule has 0 aliphatic carbocycles. The van der Waals surface area contributed by atoms with Crippen LogP contribution in [0.25, 0.3) is 0 Å². The van der Waals surface area contributed by atoms with E-state index in [2.05, 4.69) is 15.9 Å². The molecule has 0 radical (unpaired) electrons. The first-order valence-electron chi connectivity index (χ1n) is 4.82. The summed E-state index contributed by atoms with van der Waals surface area (Å²) in [4.78, 5) is 0. The summed E-state index contributed by atoms with van der Waals surface area (Å²) in [6.07, 6.45) is 0. The molecule has 0 nitrogen and oxygen atoms in total.